The van der Waals surface area contributed by atoms with E-state index < -0.39 is 6.09 Å². The van der Waals surface area contributed by atoms with Crippen LogP contribution in [0.1, 0.15) is 0 Å². The van der Waals surface area contributed by atoms with Gasteiger partial charge in [-0.15, -0.1) is 0 Å². The summed E-state index contributed by atoms with van der Waals surface area (Å²) in [6, 6.07) is 8.79. The second-order valence-corrected chi connectivity index (χ2v) is 3.83. The molecule has 5 nitrogen and oxygen atoms in total. The normalized spacial score (nSPS) is 9.89. The molecule has 0 bridgehead atoms. The Kier molecular flexibility index (Phi) is 3.74. The number of aromatic nitrogens is 2. The highest BCUT2D eigenvalue weighted by molar-refractivity contribution is 6.30. The van der Waals surface area contributed by atoms with Crippen molar-refractivity contribution in [3.05, 3.63) is 41.7 Å². The lowest BCUT2D eigenvalue weighted by Crippen LogP contribution is -2.22. The van der Waals surface area contributed by atoms with Crippen LogP contribution in [0, 0.1) is 0 Å². The molecule has 1 amide bonds. The van der Waals surface area contributed by atoms with E-state index in [9.17, 15) is 4.79 Å². The van der Waals surface area contributed by atoms with Crippen molar-refractivity contribution in [2.24, 2.45) is 0 Å². The third kappa shape index (κ3) is 2.95. The van der Waals surface area contributed by atoms with Gasteiger partial charge in [0.15, 0.2) is 0 Å². The Balaban J connectivity index is 2.29. The van der Waals surface area contributed by atoms with Crippen molar-refractivity contribution >= 4 is 17.7 Å². The molecule has 0 unspecified atom stereocenters. The Morgan fingerprint density at radius 1 is 1.33 bits per heavy atom. The summed E-state index contributed by atoms with van der Waals surface area (Å²) >= 11 is 5.90. The summed E-state index contributed by atoms with van der Waals surface area (Å²) < 4.78 is 4.92. The van der Waals surface area contributed by atoms with Crippen molar-refractivity contribution in [1.29, 1.82) is 0 Å². The number of nitrogens with zero attached hydrogens (tertiary/aromatic N) is 2. The number of nitrogens with one attached hydrogen (secondary N) is 1. The van der Waals surface area contributed by atoms with Crippen LogP contribution in [0.2, 0.25) is 5.02 Å². The number of ether oxygens (including phenoxy) is 1. The summed E-state index contributed by atoms with van der Waals surface area (Å²) in [7, 11) is 1.47. The fourth-order valence-electron chi connectivity index (χ4n) is 1.35. The molecule has 0 radical (unpaired) electrons. The lowest BCUT2D eigenvalue weighted by atomic mass is 10.1. The highest BCUT2D eigenvalue weighted by Crippen LogP contribution is 2.22. The molecule has 1 heterocycles. The van der Waals surface area contributed by atoms with Gasteiger partial charge in [0.2, 0.25) is 5.88 Å². The number of amides is 1. The molecule has 0 saturated heterocycles. The minimum atomic E-state index is -0.578. The molecule has 1 N–H and O–H groups in total. The number of rotatable bonds is 2. The molecule has 0 aliphatic heterocycles. The zero-order valence-electron chi connectivity index (χ0n) is 9.55. The van der Waals surface area contributed by atoms with Crippen molar-refractivity contribution in [1.82, 2.24) is 15.3 Å². The van der Waals surface area contributed by atoms with Gasteiger partial charge in [-0.3, -0.25) is 0 Å². The van der Waals surface area contributed by atoms with E-state index in [4.69, 9.17) is 16.3 Å². The topological polar surface area (TPSA) is 64.1 Å². The maximum atomic E-state index is 11.1. The van der Waals surface area contributed by atoms with E-state index in [-0.39, 0.29) is 5.88 Å². The molecular formula is C12H10ClN3O2. The van der Waals surface area contributed by atoms with Gasteiger partial charge in [-0.05, 0) is 12.1 Å². The molecule has 2 aromatic rings. The first kappa shape index (κ1) is 12.3. The molecule has 0 aliphatic rings. The van der Waals surface area contributed by atoms with Crippen molar-refractivity contribution < 1.29 is 9.53 Å². The van der Waals surface area contributed by atoms with Gasteiger partial charge in [-0.25, -0.2) is 14.8 Å². The van der Waals surface area contributed by atoms with Crippen LogP contribution in [0.5, 0.6) is 5.88 Å². The summed E-state index contributed by atoms with van der Waals surface area (Å²) in [5.41, 5.74) is 1.46. The van der Waals surface area contributed by atoms with Crippen LogP contribution in [0.3, 0.4) is 0 Å². The largest absolute Gasteiger partial charge is 0.413 e. The van der Waals surface area contributed by atoms with Crippen LogP contribution < -0.4 is 10.1 Å². The van der Waals surface area contributed by atoms with Gasteiger partial charge in [0.25, 0.3) is 0 Å². The minimum absolute atomic E-state index is 0.180. The predicted octanol–water partition coefficient (Wildman–Crippen LogP) is 2.52. The van der Waals surface area contributed by atoms with Crippen LogP contribution in [0.4, 0.5) is 4.79 Å². The minimum Gasteiger partial charge on any atom is -0.391 e. The average molecular weight is 264 g/mol. The van der Waals surface area contributed by atoms with Crippen molar-refractivity contribution in [2.45, 2.75) is 0 Å². The van der Waals surface area contributed by atoms with Gasteiger partial charge in [0, 0.05) is 23.7 Å². The van der Waals surface area contributed by atoms with Crippen LogP contribution in [-0.4, -0.2) is 23.1 Å². The first-order valence-electron chi connectivity index (χ1n) is 5.16. The summed E-state index contributed by atoms with van der Waals surface area (Å²) in [6.45, 7) is 0. The number of halogens is 1. The van der Waals surface area contributed by atoms with E-state index in [0.29, 0.717) is 10.7 Å². The predicted molar refractivity (Wildman–Crippen MR) is 67.6 cm³/mol. The first-order chi connectivity index (χ1) is 8.69. The summed E-state index contributed by atoms with van der Waals surface area (Å²) in [5, 5.41) is 2.95. The molecule has 0 aliphatic carbocycles. The number of hydrogen-bond donors (Lipinski definition) is 1. The van der Waals surface area contributed by atoms with Crippen LogP contribution in [0.15, 0.2) is 36.7 Å². The molecule has 1 aromatic heterocycles. The Labute approximate surface area is 109 Å². The molecule has 6 heteroatoms. The SMILES string of the molecule is CNC(=O)Oc1cc(-c2cccc(Cl)c2)ncn1. The lowest BCUT2D eigenvalue weighted by molar-refractivity contribution is 0.201. The van der Waals surface area contributed by atoms with Crippen molar-refractivity contribution in [3.8, 4) is 17.1 Å². The Morgan fingerprint density at radius 2 is 2.17 bits per heavy atom. The standard InChI is InChI=1S/C12H10ClN3O2/c1-14-12(17)18-11-6-10(15-7-16-11)8-3-2-4-9(13)5-8/h2-7H,1H3,(H,14,17). The molecule has 0 fully saturated rings. The molecular weight excluding hydrogens is 254 g/mol. The van der Waals surface area contributed by atoms with Gasteiger partial charge >= 0.3 is 6.09 Å². The second-order valence-electron chi connectivity index (χ2n) is 3.39. The van der Waals surface area contributed by atoms with Gasteiger partial charge in [0.1, 0.15) is 6.33 Å². The van der Waals surface area contributed by atoms with Crippen molar-refractivity contribution in [3.63, 3.8) is 0 Å². The van der Waals surface area contributed by atoms with E-state index in [1.807, 2.05) is 12.1 Å². The number of benzene rings is 1. The Morgan fingerprint density at radius 3 is 2.89 bits per heavy atom. The van der Waals surface area contributed by atoms with Crippen LogP contribution in [-0.2, 0) is 0 Å². The number of hydrogen-bond acceptors (Lipinski definition) is 4. The highest BCUT2D eigenvalue weighted by atomic mass is 35.5. The third-order valence-electron chi connectivity index (χ3n) is 2.16. The van der Waals surface area contributed by atoms with Gasteiger partial charge < -0.3 is 10.1 Å². The fourth-order valence-corrected chi connectivity index (χ4v) is 1.54. The maximum absolute atomic E-state index is 11.1. The zero-order valence-corrected chi connectivity index (χ0v) is 10.3. The zero-order chi connectivity index (χ0) is 13.0. The molecule has 0 saturated carbocycles. The smallest absolute Gasteiger partial charge is 0.391 e. The second kappa shape index (κ2) is 5.46. The summed E-state index contributed by atoms with van der Waals surface area (Å²) in [5.74, 6) is 0.180. The molecule has 92 valence electrons. The van der Waals surface area contributed by atoms with Crippen molar-refractivity contribution in [2.75, 3.05) is 7.05 Å². The molecule has 0 spiro atoms. The van der Waals surface area contributed by atoms with Gasteiger partial charge in [0.05, 0.1) is 5.69 Å². The Hall–Kier alpha value is -2.14. The van der Waals surface area contributed by atoms with E-state index in [0.717, 1.165) is 5.56 Å². The lowest BCUT2D eigenvalue weighted by Gasteiger charge is -2.04. The maximum Gasteiger partial charge on any atom is 0.413 e. The summed E-state index contributed by atoms with van der Waals surface area (Å²) in [4.78, 5) is 19.0. The highest BCUT2D eigenvalue weighted by Gasteiger charge is 2.06. The van der Waals surface area contributed by atoms with Crippen LogP contribution in [0.25, 0.3) is 11.3 Å². The monoisotopic (exact) mass is 263 g/mol. The van der Waals surface area contributed by atoms with E-state index >= 15 is 0 Å². The van der Waals surface area contributed by atoms with E-state index in [2.05, 4.69) is 15.3 Å². The molecule has 0 atom stereocenters. The van der Waals surface area contributed by atoms with E-state index in [1.54, 1.807) is 18.2 Å². The average Bonchev–Trinajstić information content (AvgIpc) is 2.39. The molecule has 2 rings (SSSR count). The fraction of sp³-hybridized carbons (Fsp3) is 0.0833. The molecule has 1 aromatic carbocycles. The quantitative estimate of drug-likeness (QED) is 0.904. The number of carbonyl (C=O) groups is 1. The van der Waals surface area contributed by atoms with E-state index in [1.165, 1.54) is 13.4 Å². The van der Waals surface area contributed by atoms with Gasteiger partial charge in [-0.1, -0.05) is 23.7 Å². The summed E-state index contributed by atoms with van der Waals surface area (Å²) in [6.07, 6.45) is 0.750. The molecule has 18 heavy (non-hydrogen) atoms. The first-order valence-corrected chi connectivity index (χ1v) is 5.54. The van der Waals surface area contributed by atoms with Crippen LogP contribution >= 0.6 is 11.6 Å². The number of carbonyl (C=O) groups excluding carboxylic acids is 1. The van der Waals surface area contributed by atoms with Gasteiger partial charge in [-0.2, -0.15) is 0 Å². The third-order valence-corrected chi connectivity index (χ3v) is 2.40. The Bertz CT molecular complexity index is 575.